The number of hydrogen-bond donors (Lipinski definition) is 1. The molecule has 1 unspecified atom stereocenters. The van der Waals surface area contributed by atoms with Crippen LogP contribution in [0.1, 0.15) is 18.1 Å². The van der Waals surface area contributed by atoms with E-state index in [2.05, 4.69) is 22.7 Å². The van der Waals surface area contributed by atoms with E-state index < -0.39 is 0 Å². The van der Waals surface area contributed by atoms with E-state index in [1.54, 1.807) is 18.0 Å². The summed E-state index contributed by atoms with van der Waals surface area (Å²) < 4.78 is 5.81. The number of para-hydroxylation sites is 1. The van der Waals surface area contributed by atoms with Crippen LogP contribution in [0.15, 0.2) is 90.0 Å². The van der Waals surface area contributed by atoms with E-state index in [0.717, 1.165) is 17.1 Å². The molecule has 0 aliphatic heterocycles. The summed E-state index contributed by atoms with van der Waals surface area (Å²) in [5.41, 5.74) is 4.65. The first-order valence-electron chi connectivity index (χ1n) is 9.02. The number of rotatable bonds is 8. The summed E-state index contributed by atoms with van der Waals surface area (Å²) in [5.74, 6) is 2.16. The number of benzene rings is 3. The Morgan fingerprint density at radius 1 is 1.00 bits per heavy atom. The van der Waals surface area contributed by atoms with Gasteiger partial charge in [-0.2, -0.15) is 5.10 Å². The minimum absolute atomic E-state index is 0.117. The monoisotopic (exact) mass is 390 g/mol. The summed E-state index contributed by atoms with van der Waals surface area (Å²) >= 11 is 1.58. The van der Waals surface area contributed by atoms with Crippen molar-refractivity contribution in [3.8, 4) is 11.5 Å². The molecule has 0 heterocycles. The molecule has 0 aliphatic rings. The van der Waals surface area contributed by atoms with E-state index in [9.17, 15) is 4.79 Å². The number of nitrogens with zero attached hydrogens (tertiary/aromatic N) is 1. The van der Waals surface area contributed by atoms with Crippen LogP contribution in [0.2, 0.25) is 0 Å². The molecule has 3 rings (SSSR count). The maximum atomic E-state index is 12.2. The van der Waals surface area contributed by atoms with Crippen molar-refractivity contribution in [2.24, 2.45) is 5.10 Å². The Kier molecular flexibility index (Phi) is 7.27. The third-order valence-electron chi connectivity index (χ3n) is 3.94. The Morgan fingerprint density at radius 2 is 1.68 bits per heavy atom. The smallest absolute Gasteiger partial charge is 0.252 e. The molecule has 0 aromatic heterocycles. The normalized spacial score (nSPS) is 11.9. The second-order valence-corrected chi connectivity index (χ2v) is 7.49. The Hall–Kier alpha value is -3.05. The lowest BCUT2D eigenvalue weighted by molar-refractivity contribution is -0.120. The largest absolute Gasteiger partial charge is 0.457 e. The van der Waals surface area contributed by atoms with Gasteiger partial charge in [0.15, 0.2) is 0 Å². The third kappa shape index (κ3) is 6.28. The predicted molar refractivity (Wildman–Crippen MR) is 116 cm³/mol. The van der Waals surface area contributed by atoms with Crippen LogP contribution in [0.3, 0.4) is 0 Å². The first-order valence-corrected chi connectivity index (χ1v) is 10.1. The molecule has 4 nitrogen and oxygen atoms in total. The molecule has 142 valence electrons. The lowest BCUT2D eigenvalue weighted by Crippen LogP contribution is -2.26. The van der Waals surface area contributed by atoms with E-state index in [1.165, 1.54) is 5.56 Å². The van der Waals surface area contributed by atoms with Crippen molar-refractivity contribution in [2.75, 3.05) is 0 Å². The van der Waals surface area contributed by atoms with Gasteiger partial charge < -0.3 is 4.74 Å². The Balaban J connectivity index is 1.49. The average Bonchev–Trinajstić information content (AvgIpc) is 2.74. The molecule has 0 fully saturated rings. The molecule has 0 aliphatic carbocycles. The molecule has 0 saturated carbocycles. The Bertz CT molecular complexity index is 914. The number of ether oxygens (including phenoxy) is 1. The van der Waals surface area contributed by atoms with Gasteiger partial charge in [-0.3, -0.25) is 4.79 Å². The average molecular weight is 391 g/mol. The third-order valence-corrected chi connectivity index (χ3v) is 5.15. The van der Waals surface area contributed by atoms with Gasteiger partial charge in [-0.25, -0.2) is 5.43 Å². The molecular weight excluding hydrogens is 368 g/mol. The van der Waals surface area contributed by atoms with Crippen molar-refractivity contribution in [3.05, 3.63) is 96.1 Å². The minimum atomic E-state index is -0.190. The van der Waals surface area contributed by atoms with Gasteiger partial charge in [0.05, 0.1) is 11.5 Å². The van der Waals surface area contributed by atoms with E-state index in [1.807, 2.05) is 79.7 Å². The molecule has 3 aromatic rings. The van der Waals surface area contributed by atoms with Gasteiger partial charge in [-0.1, -0.05) is 60.7 Å². The van der Waals surface area contributed by atoms with Gasteiger partial charge in [0.25, 0.3) is 5.91 Å². The first kappa shape index (κ1) is 19.7. The van der Waals surface area contributed by atoms with E-state index in [-0.39, 0.29) is 11.2 Å². The van der Waals surface area contributed by atoms with Crippen LogP contribution in [0, 0.1) is 0 Å². The predicted octanol–water partition coefficient (Wildman–Crippen LogP) is 5.25. The fraction of sp³-hybridized carbons (Fsp3) is 0.130. The highest BCUT2D eigenvalue weighted by Gasteiger charge is 2.12. The fourth-order valence-electron chi connectivity index (χ4n) is 2.42. The van der Waals surface area contributed by atoms with Gasteiger partial charge in [-0.15, -0.1) is 11.8 Å². The number of nitrogens with one attached hydrogen (secondary N) is 1. The molecule has 1 amide bonds. The maximum absolute atomic E-state index is 12.2. The zero-order valence-corrected chi connectivity index (χ0v) is 16.4. The highest BCUT2D eigenvalue weighted by Crippen LogP contribution is 2.21. The summed E-state index contributed by atoms with van der Waals surface area (Å²) in [6, 6.07) is 27.2. The maximum Gasteiger partial charge on any atom is 0.252 e. The van der Waals surface area contributed by atoms with Crippen LogP contribution >= 0.6 is 11.8 Å². The number of amides is 1. The molecule has 0 spiro atoms. The van der Waals surface area contributed by atoms with Crippen LogP contribution < -0.4 is 10.2 Å². The van der Waals surface area contributed by atoms with Gasteiger partial charge in [0, 0.05) is 5.75 Å². The number of carbonyl (C=O) groups is 1. The summed E-state index contributed by atoms with van der Waals surface area (Å²) in [5, 5.41) is 3.88. The van der Waals surface area contributed by atoms with Crippen molar-refractivity contribution >= 4 is 23.9 Å². The quantitative estimate of drug-likeness (QED) is 0.422. The lowest BCUT2D eigenvalue weighted by atomic mass is 10.2. The number of carbonyl (C=O) groups excluding carboxylic acids is 1. The van der Waals surface area contributed by atoms with Gasteiger partial charge in [0.2, 0.25) is 0 Å². The van der Waals surface area contributed by atoms with Crippen molar-refractivity contribution in [2.45, 2.75) is 17.9 Å². The summed E-state index contributed by atoms with van der Waals surface area (Å²) in [6.07, 6.45) is 1.62. The molecule has 1 N–H and O–H groups in total. The van der Waals surface area contributed by atoms with Crippen molar-refractivity contribution in [1.82, 2.24) is 5.43 Å². The van der Waals surface area contributed by atoms with E-state index in [4.69, 9.17) is 4.74 Å². The van der Waals surface area contributed by atoms with Crippen molar-refractivity contribution in [1.29, 1.82) is 0 Å². The van der Waals surface area contributed by atoms with Crippen LogP contribution in [0.5, 0.6) is 11.5 Å². The second-order valence-electron chi connectivity index (χ2n) is 6.16. The molecule has 0 saturated heterocycles. The molecule has 0 radical (unpaired) electrons. The molecular formula is C23H22N2O2S. The van der Waals surface area contributed by atoms with E-state index >= 15 is 0 Å². The fourth-order valence-corrected chi connectivity index (χ4v) is 3.25. The summed E-state index contributed by atoms with van der Waals surface area (Å²) in [6.45, 7) is 1.88. The summed E-state index contributed by atoms with van der Waals surface area (Å²) in [4.78, 5) is 12.2. The molecule has 0 bridgehead atoms. The topological polar surface area (TPSA) is 50.7 Å². The first-order chi connectivity index (χ1) is 13.7. The van der Waals surface area contributed by atoms with Gasteiger partial charge >= 0.3 is 0 Å². The highest BCUT2D eigenvalue weighted by atomic mass is 32.2. The Labute approximate surface area is 169 Å². The SMILES string of the molecule is CC(SCc1ccccc1)C(=O)NN=Cc1cccc(Oc2ccccc2)c1. The Morgan fingerprint density at radius 3 is 2.43 bits per heavy atom. The van der Waals surface area contributed by atoms with E-state index in [0.29, 0.717) is 5.75 Å². The van der Waals surface area contributed by atoms with Crippen LogP contribution in [-0.4, -0.2) is 17.4 Å². The van der Waals surface area contributed by atoms with Crippen molar-refractivity contribution in [3.63, 3.8) is 0 Å². The minimum Gasteiger partial charge on any atom is -0.457 e. The second kappa shape index (κ2) is 10.3. The standard InChI is InChI=1S/C23H22N2O2S/c1-18(28-17-19-9-4-2-5-10-19)23(26)25-24-16-20-11-8-14-22(15-20)27-21-12-6-3-7-13-21/h2-16,18H,17H2,1H3,(H,25,26). The molecule has 1 atom stereocenters. The number of hydrogen-bond acceptors (Lipinski definition) is 4. The zero-order valence-electron chi connectivity index (χ0n) is 15.6. The van der Waals surface area contributed by atoms with Crippen LogP contribution in [0.4, 0.5) is 0 Å². The molecule has 28 heavy (non-hydrogen) atoms. The highest BCUT2D eigenvalue weighted by molar-refractivity contribution is 7.99. The lowest BCUT2D eigenvalue weighted by Gasteiger charge is -2.09. The van der Waals surface area contributed by atoms with Crippen LogP contribution in [0.25, 0.3) is 0 Å². The van der Waals surface area contributed by atoms with Crippen LogP contribution in [-0.2, 0) is 10.5 Å². The van der Waals surface area contributed by atoms with Gasteiger partial charge in [-0.05, 0) is 42.3 Å². The zero-order chi connectivity index (χ0) is 19.6. The number of thioether (sulfide) groups is 1. The molecule has 3 aromatic carbocycles. The summed E-state index contributed by atoms with van der Waals surface area (Å²) in [7, 11) is 0. The van der Waals surface area contributed by atoms with Gasteiger partial charge in [0.1, 0.15) is 11.5 Å². The molecule has 5 heteroatoms. The van der Waals surface area contributed by atoms with Crippen molar-refractivity contribution < 1.29 is 9.53 Å². The number of hydrazone groups is 1.